The lowest BCUT2D eigenvalue weighted by molar-refractivity contribution is 0.242. The largest absolute Gasteiger partial charge is 0.0806 e. The van der Waals surface area contributed by atoms with E-state index in [-0.39, 0.29) is 0 Å². The second-order valence-corrected chi connectivity index (χ2v) is 8.05. The van der Waals surface area contributed by atoms with E-state index in [0.29, 0.717) is 8.84 Å². The maximum absolute atomic E-state index is 2.71. The van der Waals surface area contributed by atoms with Crippen LogP contribution in [0.3, 0.4) is 0 Å². The minimum absolute atomic E-state index is 0.611. The van der Waals surface area contributed by atoms with Gasteiger partial charge in [-0.05, 0) is 30.6 Å². The van der Waals surface area contributed by atoms with E-state index >= 15 is 0 Å². The molecule has 0 unspecified atom stereocenters. The van der Waals surface area contributed by atoms with Gasteiger partial charge in [-0.3, -0.25) is 0 Å². The lowest BCUT2D eigenvalue weighted by atomic mass is 9.77. The van der Waals surface area contributed by atoms with Crippen molar-refractivity contribution in [3.8, 4) is 0 Å². The van der Waals surface area contributed by atoms with Crippen molar-refractivity contribution in [3.05, 3.63) is 0 Å². The van der Waals surface area contributed by atoms with Crippen LogP contribution < -0.4 is 0 Å². The van der Waals surface area contributed by atoms with Gasteiger partial charge in [0.1, 0.15) is 0 Å². The SMILES string of the molecule is CC1(C)[C@@H]2CC[C@](I)(C2)[C@@H]1I. The highest BCUT2D eigenvalue weighted by Gasteiger charge is 2.59. The standard InChI is InChI=1S/C9H14I2/c1-8(2)6-3-4-9(11,5-6)7(8)10/h6-7H,3-5H2,1-2H3/t6-,7-,9+/m1/s1. The fourth-order valence-corrected chi connectivity index (χ4v) is 5.49. The molecule has 2 bridgehead atoms. The molecule has 0 N–H and O–H groups in total. The molecule has 0 spiro atoms. The van der Waals surface area contributed by atoms with Crippen LogP contribution in [0.1, 0.15) is 33.1 Å². The highest BCUT2D eigenvalue weighted by atomic mass is 127. The van der Waals surface area contributed by atoms with Crippen molar-refractivity contribution in [2.24, 2.45) is 11.3 Å². The molecule has 0 aromatic carbocycles. The number of hydrogen-bond acceptors (Lipinski definition) is 0. The fourth-order valence-electron chi connectivity index (χ4n) is 2.77. The fraction of sp³-hybridized carbons (Fsp3) is 1.00. The molecule has 2 saturated carbocycles. The Labute approximate surface area is 96.2 Å². The van der Waals surface area contributed by atoms with Crippen LogP contribution in [0.15, 0.2) is 0 Å². The van der Waals surface area contributed by atoms with E-state index in [1.165, 1.54) is 19.3 Å². The lowest BCUT2D eigenvalue weighted by Crippen LogP contribution is -2.37. The first-order valence-corrected chi connectivity index (χ1v) is 6.62. The molecule has 0 saturated heterocycles. The Balaban J connectivity index is 2.34. The molecule has 11 heavy (non-hydrogen) atoms. The third-order valence-corrected chi connectivity index (χ3v) is 9.25. The molecule has 2 aliphatic carbocycles. The summed E-state index contributed by atoms with van der Waals surface area (Å²) in [4.78, 5) is 0. The van der Waals surface area contributed by atoms with Crippen LogP contribution >= 0.6 is 45.2 Å². The maximum Gasteiger partial charge on any atom is 0.0348 e. The normalized spacial score (nSPS) is 53.5. The molecule has 2 rings (SSSR count). The quantitative estimate of drug-likeness (QED) is 0.446. The van der Waals surface area contributed by atoms with E-state index in [1.54, 1.807) is 0 Å². The highest BCUT2D eigenvalue weighted by molar-refractivity contribution is 14.1. The van der Waals surface area contributed by atoms with Gasteiger partial charge in [0, 0.05) is 7.35 Å². The first-order chi connectivity index (χ1) is 4.97. The molecule has 0 heterocycles. The zero-order valence-electron chi connectivity index (χ0n) is 7.03. The Bertz CT molecular complexity index is 183. The number of fused-ring (bicyclic) bond motifs is 2. The molecule has 0 radical (unpaired) electrons. The van der Waals surface area contributed by atoms with Gasteiger partial charge in [0.25, 0.3) is 0 Å². The second-order valence-electron chi connectivity index (χ2n) is 4.66. The molecule has 3 atom stereocenters. The third kappa shape index (κ3) is 1.11. The predicted octanol–water partition coefficient (Wildman–Crippen LogP) is 3.80. The monoisotopic (exact) mass is 376 g/mol. The van der Waals surface area contributed by atoms with Crippen LogP contribution in [-0.2, 0) is 0 Å². The summed E-state index contributed by atoms with van der Waals surface area (Å²) in [6.07, 6.45) is 4.43. The summed E-state index contributed by atoms with van der Waals surface area (Å²) in [7, 11) is 0. The van der Waals surface area contributed by atoms with Crippen LogP contribution in [-0.4, -0.2) is 7.35 Å². The summed E-state index contributed by atoms with van der Waals surface area (Å²) in [6, 6.07) is 0. The Hall–Kier alpha value is 1.46. The molecule has 0 nitrogen and oxygen atoms in total. The zero-order chi connectivity index (χ0) is 8.28. The minimum Gasteiger partial charge on any atom is -0.0806 e. The van der Waals surface area contributed by atoms with E-state index in [9.17, 15) is 0 Å². The maximum atomic E-state index is 2.71. The van der Waals surface area contributed by atoms with E-state index in [0.717, 1.165) is 9.84 Å². The summed E-state index contributed by atoms with van der Waals surface area (Å²) in [5.41, 5.74) is 0.611. The predicted molar refractivity (Wildman–Crippen MR) is 65.7 cm³/mol. The van der Waals surface area contributed by atoms with Gasteiger partial charge in [-0.15, -0.1) is 0 Å². The van der Waals surface area contributed by atoms with Crippen LogP contribution in [0, 0.1) is 11.3 Å². The number of hydrogen-bond donors (Lipinski definition) is 0. The first kappa shape index (κ1) is 9.03. The van der Waals surface area contributed by atoms with Gasteiger partial charge in [0.15, 0.2) is 0 Å². The average Bonchev–Trinajstić information content (AvgIpc) is 2.36. The van der Waals surface area contributed by atoms with Crippen molar-refractivity contribution >= 4 is 45.2 Å². The van der Waals surface area contributed by atoms with Crippen molar-refractivity contribution in [1.82, 2.24) is 0 Å². The zero-order valence-corrected chi connectivity index (χ0v) is 11.3. The molecule has 2 fully saturated rings. The Kier molecular flexibility index (Phi) is 2.04. The van der Waals surface area contributed by atoms with E-state index in [1.807, 2.05) is 0 Å². The van der Waals surface area contributed by atoms with Crippen molar-refractivity contribution in [2.75, 3.05) is 0 Å². The van der Waals surface area contributed by atoms with Gasteiger partial charge in [-0.1, -0.05) is 59.0 Å². The van der Waals surface area contributed by atoms with Crippen LogP contribution in [0.2, 0.25) is 0 Å². The van der Waals surface area contributed by atoms with Crippen LogP contribution in [0.5, 0.6) is 0 Å². The molecule has 0 amide bonds. The molecular formula is C9H14I2. The summed E-state index contributed by atoms with van der Waals surface area (Å²) in [6.45, 7) is 4.91. The molecule has 2 aliphatic rings. The van der Waals surface area contributed by atoms with Gasteiger partial charge in [0.05, 0.1) is 0 Å². The number of halogens is 2. The molecular weight excluding hydrogens is 362 g/mol. The molecule has 2 heteroatoms. The summed E-state index contributed by atoms with van der Waals surface area (Å²) in [5, 5.41) is 0. The Morgan fingerprint density at radius 2 is 2.00 bits per heavy atom. The lowest BCUT2D eigenvalue weighted by Gasteiger charge is -2.38. The number of alkyl halides is 2. The van der Waals surface area contributed by atoms with Gasteiger partial charge < -0.3 is 0 Å². The summed E-state index contributed by atoms with van der Waals surface area (Å²) >= 11 is 5.39. The van der Waals surface area contributed by atoms with Crippen LogP contribution in [0.4, 0.5) is 0 Å². The van der Waals surface area contributed by atoms with Crippen molar-refractivity contribution in [3.63, 3.8) is 0 Å². The Morgan fingerprint density at radius 1 is 1.36 bits per heavy atom. The first-order valence-electron chi connectivity index (χ1n) is 4.30. The topological polar surface area (TPSA) is 0 Å². The van der Waals surface area contributed by atoms with E-state index in [4.69, 9.17) is 0 Å². The summed E-state index contributed by atoms with van der Waals surface area (Å²) in [5.74, 6) is 1.02. The second kappa shape index (κ2) is 2.49. The van der Waals surface area contributed by atoms with Crippen molar-refractivity contribution < 1.29 is 0 Å². The van der Waals surface area contributed by atoms with Gasteiger partial charge in [-0.25, -0.2) is 0 Å². The Morgan fingerprint density at radius 3 is 2.27 bits per heavy atom. The average molecular weight is 376 g/mol. The molecule has 0 aromatic heterocycles. The van der Waals surface area contributed by atoms with E-state index in [2.05, 4.69) is 59.0 Å². The molecule has 64 valence electrons. The third-order valence-electron chi connectivity index (χ3n) is 3.65. The smallest absolute Gasteiger partial charge is 0.0348 e. The molecule has 0 aromatic rings. The van der Waals surface area contributed by atoms with Crippen molar-refractivity contribution in [1.29, 1.82) is 0 Å². The van der Waals surface area contributed by atoms with Crippen LogP contribution in [0.25, 0.3) is 0 Å². The van der Waals surface area contributed by atoms with E-state index < -0.39 is 0 Å². The summed E-state index contributed by atoms with van der Waals surface area (Å²) < 4.78 is 1.55. The van der Waals surface area contributed by atoms with Gasteiger partial charge >= 0.3 is 0 Å². The van der Waals surface area contributed by atoms with Crippen molar-refractivity contribution in [2.45, 2.75) is 40.5 Å². The van der Waals surface area contributed by atoms with Gasteiger partial charge in [-0.2, -0.15) is 0 Å². The molecule has 0 aliphatic heterocycles. The number of rotatable bonds is 0. The highest BCUT2D eigenvalue weighted by Crippen LogP contribution is 2.64. The minimum atomic E-state index is 0.611. The van der Waals surface area contributed by atoms with Gasteiger partial charge in [0.2, 0.25) is 0 Å².